The van der Waals surface area contributed by atoms with Crippen molar-refractivity contribution in [2.24, 2.45) is 0 Å². The Hall–Kier alpha value is -1.82. The highest BCUT2D eigenvalue weighted by atomic mass is 16.6. The number of rotatable bonds is 2. The Labute approximate surface area is 155 Å². The van der Waals surface area contributed by atoms with E-state index in [1.165, 1.54) is 0 Å². The van der Waals surface area contributed by atoms with E-state index in [4.69, 9.17) is 9.47 Å². The van der Waals surface area contributed by atoms with Gasteiger partial charge in [-0.3, -0.25) is 0 Å². The molecule has 2 bridgehead atoms. The van der Waals surface area contributed by atoms with E-state index in [-0.39, 0.29) is 18.2 Å². The second-order valence-corrected chi connectivity index (χ2v) is 8.61. The van der Waals surface area contributed by atoms with Crippen molar-refractivity contribution >= 4 is 6.09 Å². The molecule has 2 saturated heterocycles. The highest BCUT2D eigenvalue weighted by molar-refractivity contribution is 5.69. The predicted octanol–water partition coefficient (Wildman–Crippen LogP) is 3.54. The predicted molar refractivity (Wildman–Crippen MR) is 98.2 cm³/mol. The average molecular weight is 362 g/mol. The summed E-state index contributed by atoms with van der Waals surface area (Å²) in [6.45, 7) is 7.61. The summed E-state index contributed by atoms with van der Waals surface area (Å²) in [5.41, 5.74) is 0.301. The van der Waals surface area contributed by atoms with Gasteiger partial charge in [-0.1, -0.05) is 0 Å². The monoisotopic (exact) mass is 362 g/mol. The van der Waals surface area contributed by atoms with Crippen LogP contribution in [0.3, 0.4) is 0 Å². The summed E-state index contributed by atoms with van der Waals surface area (Å²) in [4.78, 5) is 18.9. The molecule has 1 N–H and O–H groups in total. The number of hydrogen-bond acceptors (Lipinski definition) is 5. The quantitative estimate of drug-likeness (QED) is 0.871. The fraction of sp³-hybridized carbons (Fsp3) is 0.700. The van der Waals surface area contributed by atoms with E-state index in [2.05, 4.69) is 4.98 Å². The minimum Gasteiger partial charge on any atom is -0.481 e. The molecule has 6 nitrogen and oxygen atoms in total. The van der Waals surface area contributed by atoms with Gasteiger partial charge >= 0.3 is 6.09 Å². The molecule has 2 fully saturated rings. The number of methoxy groups -OCH3 is 1. The van der Waals surface area contributed by atoms with E-state index < -0.39 is 11.2 Å². The number of carbonyl (C=O) groups is 1. The number of aliphatic hydroxyl groups is 1. The lowest BCUT2D eigenvalue weighted by Gasteiger charge is -2.52. The van der Waals surface area contributed by atoms with E-state index >= 15 is 0 Å². The molecule has 1 aromatic heterocycles. The van der Waals surface area contributed by atoms with Crippen molar-refractivity contribution in [3.63, 3.8) is 0 Å². The third-order valence-electron chi connectivity index (χ3n) is 5.41. The number of nitrogens with zero attached hydrogens (tertiary/aromatic N) is 2. The van der Waals surface area contributed by atoms with Crippen LogP contribution in [0.5, 0.6) is 5.88 Å². The molecular formula is C20H30N2O4. The maximum Gasteiger partial charge on any atom is 0.410 e. The van der Waals surface area contributed by atoms with Gasteiger partial charge in [0.2, 0.25) is 5.88 Å². The molecule has 0 radical (unpaired) electrons. The summed E-state index contributed by atoms with van der Waals surface area (Å²) in [5.74, 6) is 0.543. The number of hydrogen-bond donors (Lipinski definition) is 1. The van der Waals surface area contributed by atoms with Gasteiger partial charge in [0.25, 0.3) is 0 Å². The minimum atomic E-state index is -0.975. The third-order valence-corrected chi connectivity index (χ3v) is 5.41. The van der Waals surface area contributed by atoms with E-state index in [0.717, 1.165) is 30.4 Å². The molecule has 3 heterocycles. The van der Waals surface area contributed by atoms with Crippen LogP contribution < -0.4 is 4.74 Å². The molecule has 0 aliphatic carbocycles. The summed E-state index contributed by atoms with van der Waals surface area (Å²) in [7, 11) is 1.58. The summed E-state index contributed by atoms with van der Waals surface area (Å²) in [6.07, 6.45) is 5.33. The molecule has 0 spiro atoms. The molecular weight excluding hydrogens is 332 g/mol. The smallest absolute Gasteiger partial charge is 0.410 e. The van der Waals surface area contributed by atoms with E-state index in [0.29, 0.717) is 18.7 Å². The standard InChI is InChI=1S/C20H30N2O4/c1-13-9-17(25-5)21-12-16(13)20(24)10-14-7-6-8-15(11-20)22(14)18(23)26-19(2,3)4/h9,12,14-15,24H,6-8,10-11H2,1-5H3. The van der Waals surface area contributed by atoms with Crippen LogP contribution in [0.4, 0.5) is 4.79 Å². The van der Waals surface area contributed by atoms with Crippen molar-refractivity contribution in [2.75, 3.05) is 7.11 Å². The Morgan fingerprint density at radius 3 is 2.42 bits per heavy atom. The van der Waals surface area contributed by atoms with Crippen LogP contribution in [-0.2, 0) is 10.3 Å². The molecule has 1 amide bonds. The number of carbonyl (C=O) groups excluding carboxylic acids is 1. The van der Waals surface area contributed by atoms with Gasteiger partial charge in [0, 0.05) is 42.8 Å². The summed E-state index contributed by atoms with van der Waals surface area (Å²) in [6, 6.07) is 1.83. The number of pyridine rings is 1. The van der Waals surface area contributed by atoms with Crippen molar-refractivity contribution in [2.45, 2.75) is 83.1 Å². The van der Waals surface area contributed by atoms with Crippen molar-refractivity contribution in [1.29, 1.82) is 0 Å². The number of amides is 1. The summed E-state index contributed by atoms with van der Waals surface area (Å²) < 4.78 is 10.8. The molecule has 3 rings (SSSR count). The Balaban J connectivity index is 1.86. The number of aryl methyl sites for hydroxylation is 1. The lowest BCUT2D eigenvalue weighted by atomic mass is 9.72. The first-order valence-electron chi connectivity index (χ1n) is 9.38. The average Bonchev–Trinajstić information content (AvgIpc) is 2.51. The molecule has 2 aliphatic rings. The summed E-state index contributed by atoms with van der Waals surface area (Å²) in [5, 5.41) is 11.5. The normalized spacial score (nSPS) is 28.6. The lowest BCUT2D eigenvalue weighted by Crippen LogP contribution is -2.59. The number of fused-ring (bicyclic) bond motifs is 2. The largest absolute Gasteiger partial charge is 0.481 e. The summed E-state index contributed by atoms with van der Waals surface area (Å²) >= 11 is 0. The third kappa shape index (κ3) is 3.65. The molecule has 2 atom stereocenters. The zero-order valence-electron chi connectivity index (χ0n) is 16.4. The number of ether oxygens (including phenoxy) is 2. The molecule has 6 heteroatoms. The van der Waals surface area contributed by atoms with Crippen LogP contribution in [0.1, 0.15) is 64.0 Å². The highest BCUT2D eigenvalue weighted by Crippen LogP contribution is 2.45. The fourth-order valence-electron chi connectivity index (χ4n) is 4.39. The molecule has 2 aliphatic heterocycles. The second kappa shape index (κ2) is 6.72. The van der Waals surface area contributed by atoms with Crippen molar-refractivity contribution < 1.29 is 19.4 Å². The Bertz CT molecular complexity index is 669. The van der Waals surface area contributed by atoms with Gasteiger partial charge in [-0.25, -0.2) is 9.78 Å². The van der Waals surface area contributed by atoms with E-state index in [1.807, 2.05) is 38.7 Å². The van der Waals surface area contributed by atoms with Crippen LogP contribution in [-0.4, -0.2) is 45.9 Å². The second-order valence-electron chi connectivity index (χ2n) is 8.61. The van der Waals surface area contributed by atoms with Crippen LogP contribution in [0.15, 0.2) is 12.3 Å². The molecule has 26 heavy (non-hydrogen) atoms. The zero-order chi connectivity index (χ0) is 19.1. The first-order valence-corrected chi connectivity index (χ1v) is 9.38. The molecule has 144 valence electrons. The van der Waals surface area contributed by atoms with Crippen molar-refractivity contribution in [1.82, 2.24) is 9.88 Å². The van der Waals surface area contributed by atoms with E-state index in [1.54, 1.807) is 13.3 Å². The first kappa shape index (κ1) is 19.0. The topological polar surface area (TPSA) is 71.9 Å². The van der Waals surface area contributed by atoms with Crippen LogP contribution >= 0.6 is 0 Å². The van der Waals surface area contributed by atoms with Gasteiger partial charge < -0.3 is 19.5 Å². The number of aromatic nitrogens is 1. The molecule has 2 unspecified atom stereocenters. The molecule has 1 aromatic rings. The molecule has 0 saturated carbocycles. The SMILES string of the molecule is COc1cc(C)c(C2(O)CC3CCCC(C2)N3C(=O)OC(C)(C)C)cn1. The zero-order valence-corrected chi connectivity index (χ0v) is 16.4. The van der Waals surface area contributed by atoms with Crippen LogP contribution in [0.25, 0.3) is 0 Å². The molecule has 0 aromatic carbocycles. The van der Waals surface area contributed by atoms with Crippen LogP contribution in [0, 0.1) is 6.92 Å². The number of piperidine rings is 2. The van der Waals surface area contributed by atoms with Gasteiger partial charge in [-0.05, 0) is 52.5 Å². The maximum absolute atomic E-state index is 12.7. The van der Waals surface area contributed by atoms with Crippen LogP contribution in [0.2, 0.25) is 0 Å². The first-order chi connectivity index (χ1) is 12.1. The van der Waals surface area contributed by atoms with E-state index in [9.17, 15) is 9.90 Å². The van der Waals surface area contributed by atoms with Gasteiger partial charge in [0.15, 0.2) is 0 Å². The maximum atomic E-state index is 12.7. The van der Waals surface area contributed by atoms with Gasteiger partial charge in [0.1, 0.15) is 5.60 Å². The van der Waals surface area contributed by atoms with Gasteiger partial charge in [0.05, 0.1) is 12.7 Å². The van der Waals surface area contributed by atoms with Gasteiger partial charge in [-0.15, -0.1) is 0 Å². The highest BCUT2D eigenvalue weighted by Gasteiger charge is 2.49. The fourth-order valence-corrected chi connectivity index (χ4v) is 4.39. The Kier molecular flexibility index (Phi) is 4.90. The lowest BCUT2D eigenvalue weighted by molar-refractivity contribution is -0.0969. The van der Waals surface area contributed by atoms with Gasteiger partial charge in [-0.2, -0.15) is 0 Å². The van der Waals surface area contributed by atoms with Crippen molar-refractivity contribution in [3.8, 4) is 5.88 Å². The minimum absolute atomic E-state index is 0.0103. The Morgan fingerprint density at radius 1 is 1.31 bits per heavy atom. The Morgan fingerprint density at radius 2 is 1.92 bits per heavy atom. The van der Waals surface area contributed by atoms with Crippen molar-refractivity contribution in [3.05, 3.63) is 23.4 Å².